The highest BCUT2D eigenvalue weighted by molar-refractivity contribution is 7.91. The quantitative estimate of drug-likeness (QED) is 0.833. The normalized spacial score (nSPS) is 21.1. The fourth-order valence-corrected chi connectivity index (χ4v) is 4.90. The number of nitrogen functional groups attached to an aromatic ring is 1. The van der Waals surface area contributed by atoms with Crippen molar-refractivity contribution in [1.29, 1.82) is 0 Å². The summed E-state index contributed by atoms with van der Waals surface area (Å²) in [5.74, 6) is -0.263. The first kappa shape index (κ1) is 13.3. The molecule has 1 aromatic heterocycles. The zero-order chi connectivity index (χ0) is 13.3. The van der Waals surface area contributed by atoms with Gasteiger partial charge in [-0.3, -0.25) is 4.79 Å². The minimum atomic E-state index is -3.61. The second-order valence-corrected chi connectivity index (χ2v) is 7.12. The van der Waals surface area contributed by atoms with Crippen LogP contribution < -0.4 is 11.1 Å². The Morgan fingerprint density at radius 1 is 1.61 bits per heavy atom. The number of nitrogens with two attached hydrogens (primary N) is 1. The molecule has 3 N–H and O–H groups in total. The summed E-state index contributed by atoms with van der Waals surface area (Å²) in [5.41, 5.74) is 5.97. The molecule has 18 heavy (non-hydrogen) atoms. The molecule has 100 valence electrons. The third kappa shape index (κ3) is 2.23. The molecule has 2 rings (SSSR count). The van der Waals surface area contributed by atoms with Crippen molar-refractivity contribution in [2.75, 3.05) is 19.3 Å². The van der Waals surface area contributed by atoms with Crippen molar-refractivity contribution < 1.29 is 13.2 Å². The summed E-state index contributed by atoms with van der Waals surface area (Å²) in [4.78, 5) is 11.7. The molecule has 1 amide bonds. The molecular formula is C10H15N3O3S2. The SMILES string of the molecule is CNC(=O)C1CCCN1S(=O)(=O)c1cc(N)cs1. The highest BCUT2D eigenvalue weighted by Gasteiger charge is 2.39. The van der Waals surface area contributed by atoms with Gasteiger partial charge in [-0.05, 0) is 18.9 Å². The molecule has 0 spiro atoms. The third-order valence-electron chi connectivity index (χ3n) is 2.91. The van der Waals surface area contributed by atoms with Gasteiger partial charge in [0, 0.05) is 24.7 Å². The molecule has 8 heteroatoms. The molecule has 1 aliphatic heterocycles. The molecule has 0 aromatic carbocycles. The van der Waals surface area contributed by atoms with Crippen LogP contribution in [-0.4, -0.2) is 38.3 Å². The van der Waals surface area contributed by atoms with Crippen LogP contribution >= 0.6 is 11.3 Å². The summed E-state index contributed by atoms with van der Waals surface area (Å²) >= 11 is 1.08. The van der Waals surface area contributed by atoms with Crippen molar-refractivity contribution in [2.24, 2.45) is 0 Å². The number of hydrogen-bond acceptors (Lipinski definition) is 5. The number of sulfonamides is 1. The molecule has 1 aliphatic rings. The van der Waals surface area contributed by atoms with Crippen LogP contribution in [0, 0.1) is 0 Å². The second-order valence-electron chi connectivity index (χ2n) is 4.09. The molecule has 0 aliphatic carbocycles. The minimum absolute atomic E-state index is 0.191. The van der Waals surface area contributed by atoms with Gasteiger partial charge in [0.05, 0.1) is 0 Å². The second kappa shape index (κ2) is 4.87. The number of nitrogens with one attached hydrogen (secondary N) is 1. The van der Waals surface area contributed by atoms with Gasteiger partial charge in [0.1, 0.15) is 10.3 Å². The zero-order valence-corrected chi connectivity index (χ0v) is 11.6. The molecule has 6 nitrogen and oxygen atoms in total. The first-order valence-corrected chi connectivity index (χ1v) is 7.86. The standard InChI is InChI=1S/C10H15N3O3S2/c1-12-10(14)8-3-2-4-13(8)18(15,16)9-5-7(11)6-17-9/h5-6,8H,2-4,11H2,1H3,(H,12,14). The summed E-state index contributed by atoms with van der Waals surface area (Å²) in [6.07, 6.45) is 1.25. The number of nitrogens with zero attached hydrogens (tertiary/aromatic N) is 1. The Morgan fingerprint density at radius 2 is 2.33 bits per heavy atom. The lowest BCUT2D eigenvalue weighted by Gasteiger charge is -2.21. The number of anilines is 1. The van der Waals surface area contributed by atoms with Gasteiger partial charge in [0.15, 0.2) is 0 Å². The number of hydrogen-bond donors (Lipinski definition) is 2. The molecule has 0 bridgehead atoms. The lowest BCUT2D eigenvalue weighted by atomic mass is 10.2. The molecule has 1 unspecified atom stereocenters. The fraction of sp³-hybridized carbons (Fsp3) is 0.500. The topological polar surface area (TPSA) is 92.5 Å². The van der Waals surface area contributed by atoms with Gasteiger partial charge >= 0.3 is 0 Å². The summed E-state index contributed by atoms with van der Waals surface area (Å²) in [7, 11) is -2.10. The van der Waals surface area contributed by atoms with Crippen LogP contribution in [0.25, 0.3) is 0 Å². The molecule has 1 saturated heterocycles. The third-order valence-corrected chi connectivity index (χ3v) is 6.25. The minimum Gasteiger partial charge on any atom is -0.398 e. The van der Waals surface area contributed by atoms with Gasteiger partial charge in [0.25, 0.3) is 10.0 Å². The van der Waals surface area contributed by atoms with E-state index in [1.165, 1.54) is 17.4 Å². The summed E-state index contributed by atoms with van der Waals surface area (Å²) in [6, 6.07) is 0.822. The van der Waals surface area contributed by atoms with Gasteiger partial charge in [-0.15, -0.1) is 11.3 Å². The Hall–Kier alpha value is -1.12. The van der Waals surface area contributed by atoms with E-state index in [9.17, 15) is 13.2 Å². The van der Waals surface area contributed by atoms with Crippen LogP contribution in [0.5, 0.6) is 0 Å². The van der Waals surface area contributed by atoms with E-state index in [0.29, 0.717) is 25.1 Å². The van der Waals surface area contributed by atoms with E-state index in [1.807, 2.05) is 0 Å². The van der Waals surface area contributed by atoms with Gasteiger partial charge in [-0.2, -0.15) is 4.31 Å². The Labute approximate surface area is 110 Å². The van der Waals surface area contributed by atoms with E-state index in [1.54, 1.807) is 5.38 Å². The number of thiophene rings is 1. The predicted octanol–water partition coefficient (Wildman–Crippen LogP) is 0.229. The largest absolute Gasteiger partial charge is 0.398 e. The highest BCUT2D eigenvalue weighted by Crippen LogP contribution is 2.30. The van der Waals surface area contributed by atoms with E-state index in [-0.39, 0.29) is 10.1 Å². The van der Waals surface area contributed by atoms with E-state index in [0.717, 1.165) is 11.3 Å². The number of carbonyl (C=O) groups excluding carboxylic acids is 1. The molecular weight excluding hydrogens is 274 g/mol. The van der Waals surface area contributed by atoms with Crippen molar-refractivity contribution in [1.82, 2.24) is 9.62 Å². The van der Waals surface area contributed by atoms with Gasteiger partial charge in [-0.1, -0.05) is 0 Å². The van der Waals surface area contributed by atoms with E-state index < -0.39 is 16.1 Å². The number of amides is 1. The summed E-state index contributed by atoms with van der Waals surface area (Å²) in [6.45, 7) is 0.373. The van der Waals surface area contributed by atoms with Crippen LogP contribution in [0.15, 0.2) is 15.7 Å². The number of rotatable bonds is 3. The summed E-state index contributed by atoms with van der Waals surface area (Å²) < 4.78 is 26.2. The maximum absolute atomic E-state index is 12.4. The zero-order valence-electron chi connectivity index (χ0n) is 9.92. The lowest BCUT2D eigenvalue weighted by Crippen LogP contribution is -2.44. The van der Waals surface area contributed by atoms with Crippen LogP contribution in [0.1, 0.15) is 12.8 Å². The van der Waals surface area contributed by atoms with Crippen molar-refractivity contribution in [3.8, 4) is 0 Å². The Kier molecular flexibility index (Phi) is 3.60. The Morgan fingerprint density at radius 3 is 2.89 bits per heavy atom. The predicted molar refractivity (Wildman–Crippen MR) is 69.7 cm³/mol. The smallest absolute Gasteiger partial charge is 0.253 e. The molecule has 1 aromatic rings. The first-order valence-electron chi connectivity index (χ1n) is 5.54. The molecule has 0 saturated carbocycles. The summed E-state index contributed by atoms with van der Waals surface area (Å²) in [5, 5.41) is 4.08. The molecule has 1 atom stereocenters. The fourth-order valence-electron chi connectivity index (χ4n) is 2.04. The average Bonchev–Trinajstić information content (AvgIpc) is 2.96. The van der Waals surface area contributed by atoms with E-state index in [2.05, 4.69) is 5.32 Å². The van der Waals surface area contributed by atoms with E-state index in [4.69, 9.17) is 5.73 Å². The van der Waals surface area contributed by atoms with E-state index >= 15 is 0 Å². The van der Waals surface area contributed by atoms with Gasteiger partial charge in [-0.25, -0.2) is 8.42 Å². The Bertz CT molecular complexity index is 552. The van der Waals surface area contributed by atoms with Crippen LogP contribution in [0.2, 0.25) is 0 Å². The van der Waals surface area contributed by atoms with Crippen LogP contribution in [-0.2, 0) is 14.8 Å². The maximum atomic E-state index is 12.4. The highest BCUT2D eigenvalue weighted by atomic mass is 32.2. The van der Waals surface area contributed by atoms with Gasteiger partial charge in [0.2, 0.25) is 5.91 Å². The van der Waals surface area contributed by atoms with Gasteiger partial charge < -0.3 is 11.1 Å². The molecule has 1 fully saturated rings. The van der Waals surface area contributed by atoms with Crippen molar-refractivity contribution in [2.45, 2.75) is 23.1 Å². The monoisotopic (exact) mass is 289 g/mol. The molecule has 2 heterocycles. The van der Waals surface area contributed by atoms with Crippen molar-refractivity contribution in [3.05, 3.63) is 11.4 Å². The van der Waals surface area contributed by atoms with Crippen molar-refractivity contribution >= 4 is 33.0 Å². The first-order chi connectivity index (χ1) is 8.46. The van der Waals surface area contributed by atoms with Crippen molar-refractivity contribution in [3.63, 3.8) is 0 Å². The number of carbonyl (C=O) groups is 1. The number of likely N-dealkylation sites (N-methyl/N-ethyl adjacent to an activating group) is 1. The van der Waals surface area contributed by atoms with Crippen LogP contribution in [0.4, 0.5) is 5.69 Å². The van der Waals surface area contributed by atoms with Crippen LogP contribution in [0.3, 0.4) is 0 Å². The Balaban J connectivity index is 2.32. The molecule has 0 radical (unpaired) electrons. The average molecular weight is 289 g/mol. The lowest BCUT2D eigenvalue weighted by molar-refractivity contribution is -0.123. The maximum Gasteiger partial charge on any atom is 0.253 e.